The van der Waals surface area contributed by atoms with Crippen LogP contribution in [-0.2, 0) is 4.74 Å². The topological polar surface area (TPSA) is 79.7 Å². The summed E-state index contributed by atoms with van der Waals surface area (Å²) >= 11 is 5.76. The van der Waals surface area contributed by atoms with Gasteiger partial charge in [0.05, 0.1) is 12.4 Å². The minimum atomic E-state index is -0.481. The first kappa shape index (κ1) is 17.5. The van der Waals surface area contributed by atoms with Gasteiger partial charge in [-0.1, -0.05) is 11.6 Å². The molecule has 1 aromatic heterocycles. The highest BCUT2D eigenvalue weighted by atomic mass is 35.5. The fourth-order valence-corrected chi connectivity index (χ4v) is 2.38. The molecule has 0 aromatic carbocycles. The maximum Gasteiger partial charge on any atom is 0.410 e. The van der Waals surface area contributed by atoms with Crippen LogP contribution < -0.4 is 5.43 Å². The molecule has 126 valence electrons. The number of hydrazone groups is 1. The third kappa shape index (κ3) is 6.02. The number of carbonyl (C=O) groups is 1. The molecular weight excluding hydrogens is 318 g/mol. The maximum absolute atomic E-state index is 12.1. The van der Waals surface area contributed by atoms with E-state index in [0.717, 1.165) is 12.8 Å². The first-order valence-corrected chi connectivity index (χ1v) is 7.96. The van der Waals surface area contributed by atoms with Crippen LogP contribution in [0.2, 0.25) is 5.15 Å². The van der Waals surface area contributed by atoms with Gasteiger partial charge in [-0.2, -0.15) is 5.10 Å². The molecule has 7 nitrogen and oxygen atoms in total. The van der Waals surface area contributed by atoms with Crippen LogP contribution in [0, 0.1) is 5.92 Å². The number of anilines is 1. The van der Waals surface area contributed by atoms with E-state index in [2.05, 4.69) is 20.5 Å². The number of carbonyl (C=O) groups excluding carboxylic acids is 1. The van der Waals surface area contributed by atoms with E-state index in [9.17, 15) is 4.79 Å². The second-order valence-electron chi connectivity index (χ2n) is 6.45. The summed E-state index contributed by atoms with van der Waals surface area (Å²) in [6, 6.07) is 0. The van der Waals surface area contributed by atoms with Gasteiger partial charge in [0.1, 0.15) is 10.8 Å². The lowest BCUT2D eigenvalue weighted by Gasteiger charge is -2.32. The summed E-state index contributed by atoms with van der Waals surface area (Å²) in [6.45, 7) is 6.91. The number of piperidine rings is 1. The Kier molecular flexibility index (Phi) is 5.76. The van der Waals surface area contributed by atoms with Crippen LogP contribution in [0.15, 0.2) is 17.5 Å². The fraction of sp³-hybridized carbons (Fsp3) is 0.600. The fourth-order valence-electron chi connectivity index (χ4n) is 2.23. The van der Waals surface area contributed by atoms with Crippen molar-refractivity contribution in [3.63, 3.8) is 0 Å². The molecule has 1 N–H and O–H groups in total. The highest BCUT2D eigenvalue weighted by molar-refractivity contribution is 6.29. The van der Waals surface area contributed by atoms with Gasteiger partial charge in [0.15, 0.2) is 5.82 Å². The SMILES string of the molecule is CC(C)(C)OC(=O)N1CCCC(C=NNc2cncc(Cl)n2)C1. The molecule has 1 unspecified atom stereocenters. The van der Waals surface area contributed by atoms with Gasteiger partial charge in [-0.25, -0.2) is 9.78 Å². The Bertz CT molecular complexity index is 573. The normalized spacial score (nSPS) is 19.0. The largest absolute Gasteiger partial charge is 0.444 e. The average Bonchev–Trinajstić information content (AvgIpc) is 2.46. The van der Waals surface area contributed by atoms with E-state index in [-0.39, 0.29) is 12.0 Å². The molecule has 1 atom stereocenters. The Morgan fingerprint density at radius 1 is 1.52 bits per heavy atom. The maximum atomic E-state index is 12.1. The number of halogens is 1. The molecule has 0 saturated carbocycles. The van der Waals surface area contributed by atoms with E-state index >= 15 is 0 Å². The van der Waals surface area contributed by atoms with Crippen molar-refractivity contribution >= 4 is 29.7 Å². The molecule has 23 heavy (non-hydrogen) atoms. The molecule has 8 heteroatoms. The van der Waals surface area contributed by atoms with Crippen molar-refractivity contribution < 1.29 is 9.53 Å². The van der Waals surface area contributed by atoms with Crippen LogP contribution in [0.4, 0.5) is 10.6 Å². The lowest BCUT2D eigenvalue weighted by Crippen LogP contribution is -2.43. The summed E-state index contributed by atoms with van der Waals surface area (Å²) < 4.78 is 5.41. The van der Waals surface area contributed by atoms with Gasteiger partial charge in [-0.15, -0.1) is 0 Å². The predicted octanol–water partition coefficient (Wildman–Crippen LogP) is 3.17. The summed E-state index contributed by atoms with van der Waals surface area (Å²) in [5, 5.41) is 4.46. The number of ether oxygens (including phenoxy) is 1. The number of likely N-dealkylation sites (tertiary alicyclic amines) is 1. The van der Waals surface area contributed by atoms with Gasteiger partial charge in [0.25, 0.3) is 0 Å². The monoisotopic (exact) mass is 339 g/mol. The van der Waals surface area contributed by atoms with E-state index in [0.29, 0.717) is 24.1 Å². The molecule has 2 rings (SSSR count). The molecule has 1 fully saturated rings. The minimum Gasteiger partial charge on any atom is -0.444 e. The van der Waals surface area contributed by atoms with Crippen LogP contribution in [-0.4, -0.2) is 45.9 Å². The van der Waals surface area contributed by atoms with Crippen LogP contribution in [0.25, 0.3) is 0 Å². The highest BCUT2D eigenvalue weighted by Crippen LogP contribution is 2.18. The predicted molar refractivity (Wildman–Crippen MR) is 89.7 cm³/mol. The first-order chi connectivity index (χ1) is 10.8. The van der Waals surface area contributed by atoms with E-state index in [4.69, 9.17) is 16.3 Å². The molecule has 0 spiro atoms. The van der Waals surface area contributed by atoms with Gasteiger partial charge >= 0.3 is 6.09 Å². The van der Waals surface area contributed by atoms with Crippen molar-refractivity contribution in [2.45, 2.75) is 39.2 Å². The third-order valence-corrected chi connectivity index (χ3v) is 3.36. The number of nitrogens with zero attached hydrogens (tertiary/aromatic N) is 4. The van der Waals surface area contributed by atoms with Crippen molar-refractivity contribution in [2.75, 3.05) is 18.5 Å². The molecule has 1 aliphatic rings. The lowest BCUT2D eigenvalue weighted by molar-refractivity contribution is 0.0195. The van der Waals surface area contributed by atoms with E-state index in [1.54, 1.807) is 11.1 Å². The zero-order chi connectivity index (χ0) is 16.9. The zero-order valence-corrected chi connectivity index (χ0v) is 14.4. The van der Waals surface area contributed by atoms with Crippen LogP contribution in [0.3, 0.4) is 0 Å². The Morgan fingerprint density at radius 2 is 2.30 bits per heavy atom. The van der Waals surface area contributed by atoms with Gasteiger partial charge in [0, 0.05) is 25.2 Å². The molecule has 1 aliphatic heterocycles. The summed E-state index contributed by atoms with van der Waals surface area (Å²) in [6.07, 6.45) is 6.41. The number of hydrogen-bond acceptors (Lipinski definition) is 6. The zero-order valence-electron chi connectivity index (χ0n) is 13.6. The smallest absolute Gasteiger partial charge is 0.410 e. The van der Waals surface area contributed by atoms with Crippen molar-refractivity contribution in [3.8, 4) is 0 Å². The number of aromatic nitrogens is 2. The van der Waals surface area contributed by atoms with Crippen molar-refractivity contribution in [2.24, 2.45) is 11.0 Å². The second kappa shape index (κ2) is 7.59. The number of amides is 1. The van der Waals surface area contributed by atoms with Gasteiger partial charge in [-0.3, -0.25) is 10.4 Å². The minimum absolute atomic E-state index is 0.177. The van der Waals surface area contributed by atoms with E-state index in [1.165, 1.54) is 12.4 Å². The third-order valence-electron chi connectivity index (χ3n) is 3.18. The Labute approximate surface area is 141 Å². The second-order valence-corrected chi connectivity index (χ2v) is 6.83. The van der Waals surface area contributed by atoms with Crippen molar-refractivity contribution in [3.05, 3.63) is 17.5 Å². The number of hydrogen-bond donors (Lipinski definition) is 1. The Hall–Kier alpha value is -1.89. The van der Waals surface area contributed by atoms with Crippen LogP contribution >= 0.6 is 11.6 Å². The first-order valence-electron chi connectivity index (χ1n) is 7.58. The van der Waals surface area contributed by atoms with Crippen LogP contribution in [0.5, 0.6) is 0 Å². The number of nitrogens with one attached hydrogen (secondary N) is 1. The van der Waals surface area contributed by atoms with Crippen molar-refractivity contribution in [1.82, 2.24) is 14.9 Å². The lowest BCUT2D eigenvalue weighted by atomic mass is 10.00. The van der Waals surface area contributed by atoms with Crippen LogP contribution in [0.1, 0.15) is 33.6 Å². The van der Waals surface area contributed by atoms with Gasteiger partial charge in [0.2, 0.25) is 0 Å². The van der Waals surface area contributed by atoms with Crippen molar-refractivity contribution in [1.29, 1.82) is 0 Å². The Balaban J connectivity index is 1.86. The molecule has 0 aliphatic carbocycles. The molecule has 0 radical (unpaired) electrons. The standard InChI is InChI=1S/C15H22ClN5O2/c1-15(2,3)23-14(22)21-6-4-5-11(10-21)7-18-20-13-9-17-8-12(16)19-13/h7-9,11H,4-6,10H2,1-3H3,(H,19,20). The number of rotatable bonds is 3. The molecule has 1 aromatic rings. The quantitative estimate of drug-likeness (QED) is 0.675. The molecule has 1 saturated heterocycles. The molecule has 1 amide bonds. The molecule has 0 bridgehead atoms. The molecular formula is C15H22ClN5O2. The van der Waals surface area contributed by atoms with E-state index in [1.807, 2.05) is 20.8 Å². The van der Waals surface area contributed by atoms with Gasteiger partial charge in [-0.05, 0) is 33.6 Å². The average molecular weight is 340 g/mol. The summed E-state index contributed by atoms with van der Waals surface area (Å²) in [7, 11) is 0. The van der Waals surface area contributed by atoms with E-state index < -0.39 is 5.60 Å². The Morgan fingerprint density at radius 3 is 3.00 bits per heavy atom. The summed E-state index contributed by atoms with van der Waals surface area (Å²) in [5.41, 5.74) is 2.31. The van der Waals surface area contributed by atoms with Gasteiger partial charge < -0.3 is 9.64 Å². The highest BCUT2D eigenvalue weighted by Gasteiger charge is 2.26. The molecule has 2 heterocycles. The summed E-state index contributed by atoms with van der Waals surface area (Å²) in [5.74, 6) is 0.657. The summed E-state index contributed by atoms with van der Waals surface area (Å²) in [4.78, 5) is 21.8.